The van der Waals surface area contributed by atoms with Gasteiger partial charge in [0.05, 0.1) is 11.6 Å². The van der Waals surface area contributed by atoms with Gasteiger partial charge in [-0.05, 0) is 23.6 Å². The molecule has 0 saturated heterocycles. The first-order chi connectivity index (χ1) is 9.12. The molecular formula is C13H16F4N2O. The van der Waals surface area contributed by atoms with Crippen molar-refractivity contribution in [1.29, 1.82) is 0 Å². The molecule has 1 rings (SSSR count). The number of nitrogens with two attached hydrogens (primary N) is 1. The molecule has 3 N–H and O–H groups in total. The molecule has 112 valence electrons. The van der Waals surface area contributed by atoms with Crippen molar-refractivity contribution in [3.63, 3.8) is 0 Å². The van der Waals surface area contributed by atoms with Crippen LogP contribution in [-0.2, 0) is 17.5 Å². The molecule has 1 amide bonds. The topological polar surface area (TPSA) is 55.1 Å². The van der Waals surface area contributed by atoms with E-state index in [1.807, 2.05) is 0 Å². The van der Waals surface area contributed by atoms with Crippen LogP contribution < -0.4 is 11.1 Å². The van der Waals surface area contributed by atoms with Gasteiger partial charge in [-0.1, -0.05) is 19.9 Å². The van der Waals surface area contributed by atoms with E-state index in [1.165, 1.54) is 6.07 Å². The molecule has 1 atom stereocenters. The van der Waals surface area contributed by atoms with Gasteiger partial charge in [0.2, 0.25) is 5.91 Å². The highest BCUT2D eigenvalue weighted by molar-refractivity contribution is 5.80. The Kier molecular flexibility index (Phi) is 5.10. The standard InChI is InChI=1S/C13H16F4N2O/c1-7(2)11(12(18)20)19-6-8-3-4-10(14)9(5-8)13(15,16)17/h3-5,7,11,19H,6H2,1-2H3,(H2,18,20). The lowest BCUT2D eigenvalue weighted by atomic mass is 10.0. The van der Waals surface area contributed by atoms with Crippen LogP contribution >= 0.6 is 0 Å². The predicted molar refractivity (Wildman–Crippen MR) is 66.1 cm³/mol. The Morgan fingerprint density at radius 2 is 1.95 bits per heavy atom. The van der Waals surface area contributed by atoms with Gasteiger partial charge in [0, 0.05) is 6.54 Å². The van der Waals surface area contributed by atoms with Crippen LogP contribution in [0, 0.1) is 11.7 Å². The van der Waals surface area contributed by atoms with Crippen LogP contribution in [0.15, 0.2) is 18.2 Å². The summed E-state index contributed by atoms with van der Waals surface area (Å²) in [5.41, 5.74) is 4.09. The molecule has 0 fully saturated rings. The maximum Gasteiger partial charge on any atom is 0.419 e. The number of nitrogens with one attached hydrogen (secondary N) is 1. The maximum absolute atomic E-state index is 13.1. The van der Waals surface area contributed by atoms with Crippen LogP contribution in [0.5, 0.6) is 0 Å². The first-order valence-electron chi connectivity index (χ1n) is 6.01. The Labute approximate surface area is 114 Å². The van der Waals surface area contributed by atoms with Crippen LogP contribution in [-0.4, -0.2) is 11.9 Å². The lowest BCUT2D eigenvalue weighted by Gasteiger charge is -2.19. The summed E-state index contributed by atoms with van der Waals surface area (Å²) >= 11 is 0. The number of primary amides is 1. The molecule has 1 aromatic carbocycles. The van der Waals surface area contributed by atoms with Crippen molar-refractivity contribution in [2.75, 3.05) is 0 Å². The number of halogens is 4. The summed E-state index contributed by atoms with van der Waals surface area (Å²) in [5.74, 6) is -2.01. The van der Waals surface area contributed by atoms with E-state index in [-0.39, 0.29) is 18.0 Å². The van der Waals surface area contributed by atoms with Gasteiger partial charge in [-0.15, -0.1) is 0 Å². The van der Waals surface area contributed by atoms with Gasteiger partial charge in [-0.3, -0.25) is 4.79 Å². The van der Waals surface area contributed by atoms with Crippen molar-refractivity contribution in [1.82, 2.24) is 5.32 Å². The Bertz CT molecular complexity index is 486. The largest absolute Gasteiger partial charge is 0.419 e. The number of alkyl halides is 3. The lowest BCUT2D eigenvalue weighted by molar-refractivity contribution is -0.140. The van der Waals surface area contributed by atoms with E-state index in [9.17, 15) is 22.4 Å². The van der Waals surface area contributed by atoms with Crippen molar-refractivity contribution in [2.45, 2.75) is 32.6 Å². The molecule has 0 spiro atoms. The van der Waals surface area contributed by atoms with Crippen LogP contribution in [0.2, 0.25) is 0 Å². The van der Waals surface area contributed by atoms with Gasteiger partial charge in [0.15, 0.2) is 0 Å². The minimum Gasteiger partial charge on any atom is -0.368 e. The van der Waals surface area contributed by atoms with Crippen molar-refractivity contribution < 1.29 is 22.4 Å². The summed E-state index contributed by atoms with van der Waals surface area (Å²) in [6, 6.07) is 2.06. The predicted octanol–water partition coefficient (Wildman–Crippen LogP) is 2.44. The summed E-state index contributed by atoms with van der Waals surface area (Å²) in [6.07, 6.45) is -4.75. The summed E-state index contributed by atoms with van der Waals surface area (Å²) < 4.78 is 50.8. The quantitative estimate of drug-likeness (QED) is 0.819. The SMILES string of the molecule is CC(C)C(NCc1ccc(F)c(C(F)(F)F)c1)C(N)=O. The van der Waals surface area contributed by atoms with E-state index in [2.05, 4.69) is 5.32 Å². The van der Waals surface area contributed by atoms with Gasteiger partial charge < -0.3 is 11.1 Å². The summed E-state index contributed by atoms with van der Waals surface area (Å²) in [7, 11) is 0. The first kappa shape index (κ1) is 16.4. The summed E-state index contributed by atoms with van der Waals surface area (Å²) in [6.45, 7) is 3.51. The molecular weight excluding hydrogens is 276 g/mol. The maximum atomic E-state index is 13.1. The van der Waals surface area contributed by atoms with E-state index in [4.69, 9.17) is 5.73 Å². The number of carbonyl (C=O) groups is 1. The third-order valence-corrected chi connectivity index (χ3v) is 2.84. The van der Waals surface area contributed by atoms with E-state index in [0.29, 0.717) is 0 Å². The van der Waals surface area contributed by atoms with E-state index >= 15 is 0 Å². The fraction of sp³-hybridized carbons (Fsp3) is 0.462. The van der Waals surface area contributed by atoms with Crippen molar-refractivity contribution in [3.8, 4) is 0 Å². The number of amides is 1. The van der Waals surface area contributed by atoms with Crippen molar-refractivity contribution in [2.24, 2.45) is 11.7 Å². The zero-order valence-electron chi connectivity index (χ0n) is 11.1. The lowest BCUT2D eigenvalue weighted by Crippen LogP contribution is -2.44. The molecule has 20 heavy (non-hydrogen) atoms. The highest BCUT2D eigenvalue weighted by Gasteiger charge is 2.34. The van der Waals surface area contributed by atoms with Crippen LogP contribution in [0.3, 0.4) is 0 Å². The number of rotatable bonds is 5. The second-order valence-electron chi connectivity index (χ2n) is 4.82. The average Bonchev–Trinajstić information content (AvgIpc) is 2.28. The van der Waals surface area contributed by atoms with Gasteiger partial charge >= 0.3 is 6.18 Å². The van der Waals surface area contributed by atoms with Crippen LogP contribution in [0.1, 0.15) is 25.0 Å². The molecule has 0 radical (unpaired) electrons. The Morgan fingerprint density at radius 3 is 2.40 bits per heavy atom. The van der Waals surface area contributed by atoms with Gasteiger partial charge in [-0.2, -0.15) is 13.2 Å². The molecule has 3 nitrogen and oxygen atoms in total. The average molecular weight is 292 g/mol. The molecule has 1 unspecified atom stereocenters. The number of benzene rings is 1. The summed E-state index contributed by atoms with van der Waals surface area (Å²) in [4.78, 5) is 11.2. The molecule has 0 aliphatic heterocycles. The number of hydrogen-bond acceptors (Lipinski definition) is 2. The Hall–Kier alpha value is -1.63. The number of carbonyl (C=O) groups excluding carboxylic acids is 1. The van der Waals surface area contributed by atoms with E-state index < -0.39 is 29.5 Å². The molecule has 0 aliphatic carbocycles. The van der Waals surface area contributed by atoms with E-state index in [1.54, 1.807) is 13.8 Å². The molecule has 1 aromatic rings. The smallest absolute Gasteiger partial charge is 0.368 e. The highest BCUT2D eigenvalue weighted by atomic mass is 19.4. The zero-order valence-corrected chi connectivity index (χ0v) is 11.1. The highest BCUT2D eigenvalue weighted by Crippen LogP contribution is 2.31. The van der Waals surface area contributed by atoms with Crippen LogP contribution in [0.4, 0.5) is 17.6 Å². The molecule has 0 aliphatic rings. The van der Waals surface area contributed by atoms with Crippen molar-refractivity contribution >= 4 is 5.91 Å². The normalized spacial score (nSPS) is 13.6. The molecule has 7 heteroatoms. The second kappa shape index (κ2) is 6.21. The second-order valence-corrected chi connectivity index (χ2v) is 4.82. The minimum absolute atomic E-state index is 0.00481. The third kappa shape index (κ3) is 4.19. The minimum atomic E-state index is -4.75. The number of hydrogen-bond donors (Lipinski definition) is 2. The van der Waals surface area contributed by atoms with E-state index in [0.717, 1.165) is 12.1 Å². The molecule has 0 saturated carbocycles. The Morgan fingerprint density at radius 1 is 1.35 bits per heavy atom. The fourth-order valence-corrected chi connectivity index (χ4v) is 1.79. The van der Waals surface area contributed by atoms with Gasteiger partial charge in [0.25, 0.3) is 0 Å². The fourth-order valence-electron chi connectivity index (χ4n) is 1.79. The zero-order chi connectivity index (χ0) is 15.5. The molecule has 0 bridgehead atoms. The van der Waals surface area contributed by atoms with Gasteiger partial charge in [0.1, 0.15) is 5.82 Å². The molecule has 0 heterocycles. The summed E-state index contributed by atoms with van der Waals surface area (Å²) in [5, 5.41) is 2.77. The monoisotopic (exact) mass is 292 g/mol. The molecule has 0 aromatic heterocycles. The van der Waals surface area contributed by atoms with Crippen LogP contribution in [0.25, 0.3) is 0 Å². The first-order valence-corrected chi connectivity index (χ1v) is 6.01. The third-order valence-electron chi connectivity index (χ3n) is 2.84. The Balaban J connectivity index is 2.87. The van der Waals surface area contributed by atoms with Crippen molar-refractivity contribution in [3.05, 3.63) is 35.1 Å². The van der Waals surface area contributed by atoms with Gasteiger partial charge in [-0.25, -0.2) is 4.39 Å².